The quantitative estimate of drug-likeness (QED) is 0.878. The first-order valence-electron chi connectivity index (χ1n) is 6.89. The van der Waals surface area contributed by atoms with E-state index in [1.54, 1.807) is 0 Å². The molecule has 2 rings (SSSR count). The van der Waals surface area contributed by atoms with Gasteiger partial charge in [0.25, 0.3) is 0 Å². The number of hydrogen-bond acceptors (Lipinski definition) is 2. The average molecular weight is 242 g/mol. The molecule has 0 radical (unpaired) electrons. The molecule has 0 aromatic heterocycles. The molecule has 1 aliphatic rings. The Hall–Kier alpha value is -1.33. The molecule has 1 aromatic rings. The molecule has 18 heavy (non-hydrogen) atoms. The van der Waals surface area contributed by atoms with Gasteiger partial charge in [0.2, 0.25) is 0 Å². The maximum atomic E-state index is 9.01. The van der Waals surface area contributed by atoms with Gasteiger partial charge in [0.15, 0.2) is 0 Å². The standard InChI is InChI=1S/C16H22N2/c1-4-16(5-2)14(10-15(16)18-3)13-8-6-7-12(9-13)11-17/h6-9,14-15,18H,4-5,10H2,1-3H3. The lowest BCUT2D eigenvalue weighted by Crippen LogP contribution is -2.57. The maximum absolute atomic E-state index is 9.01. The summed E-state index contributed by atoms with van der Waals surface area (Å²) in [5, 5.41) is 12.5. The molecule has 0 amide bonds. The lowest BCUT2D eigenvalue weighted by molar-refractivity contribution is 0.0245. The molecule has 96 valence electrons. The molecular weight excluding hydrogens is 220 g/mol. The normalized spacial score (nSPS) is 25.2. The van der Waals surface area contributed by atoms with Crippen molar-refractivity contribution in [2.45, 2.75) is 45.1 Å². The molecule has 2 unspecified atom stereocenters. The monoisotopic (exact) mass is 242 g/mol. The first kappa shape index (κ1) is 13.1. The van der Waals surface area contributed by atoms with Gasteiger partial charge in [0.1, 0.15) is 0 Å². The fourth-order valence-corrected chi connectivity index (χ4v) is 3.72. The zero-order valence-corrected chi connectivity index (χ0v) is 11.5. The van der Waals surface area contributed by atoms with Crippen molar-refractivity contribution in [1.29, 1.82) is 5.26 Å². The van der Waals surface area contributed by atoms with E-state index in [4.69, 9.17) is 5.26 Å². The SMILES string of the molecule is CCC1(CC)C(NC)CC1c1cccc(C#N)c1. The molecule has 0 saturated heterocycles. The number of hydrogen-bond donors (Lipinski definition) is 1. The van der Waals surface area contributed by atoms with Crippen LogP contribution in [0.25, 0.3) is 0 Å². The van der Waals surface area contributed by atoms with Gasteiger partial charge in [0.05, 0.1) is 11.6 Å². The van der Waals surface area contributed by atoms with E-state index in [2.05, 4.69) is 44.4 Å². The van der Waals surface area contributed by atoms with Crippen molar-refractivity contribution in [3.63, 3.8) is 0 Å². The number of nitrogens with one attached hydrogen (secondary N) is 1. The molecule has 1 aliphatic carbocycles. The van der Waals surface area contributed by atoms with E-state index in [1.165, 1.54) is 24.8 Å². The molecular formula is C16H22N2. The fourth-order valence-electron chi connectivity index (χ4n) is 3.72. The van der Waals surface area contributed by atoms with Crippen LogP contribution in [0.3, 0.4) is 0 Å². The van der Waals surface area contributed by atoms with Crippen molar-refractivity contribution < 1.29 is 0 Å². The van der Waals surface area contributed by atoms with Crippen molar-refractivity contribution >= 4 is 0 Å². The molecule has 0 heterocycles. The van der Waals surface area contributed by atoms with Gasteiger partial charge in [-0.05, 0) is 55.3 Å². The second-order valence-corrected chi connectivity index (χ2v) is 5.31. The van der Waals surface area contributed by atoms with Crippen LogP contribution in [0, 0.1) is 16.7 Å². The Morgan fingerprint density at radius 2 is 2.11 bits per heavy atom. The van der Waals surface area contributed by atoms with E-state index in [9.17, 15) is 0 Å². The van der Waals surface area contributed by atoms with Gasteiger partial charge in [-0.1, -0.05) is 26.0 Å². The van der Waals surface area contributed by atoms with Crippen LogP contribution in [0.1, 0.15) is 50.2 Å². The lowest BCUT2D eigenvalue weighted by Gasteiger charge is -2.56. The van der Waals surface area contributed by atoms with Gasteiger partial charge in [-0.25, -0.2) is 0 Å². The summed E-state index contributed by atoms with van der Waals surface area (Å²) in [6, 6.07) is 11.0. The Bertz CT molecular complexity index is 454. The second-order valence-electron chi connectivity index (χ2n) is 5.31. The molecule has 1 saturated carbocycles. The molecule has 2 atom stereocenters. The summed E-state index contributed by atoms with van der Waals surface area (Å²) in [5.74, 6) is 0.596. The number of rotatable bonds is 4. The van der Waals surface area contributed by atoms with Crippen LogP contribution in [-0.4, -0.2) is 13.1 Å². The zero-order valence-electron chi connectivity index (χ0n) is 11.5. The Balaban J connectivity index is 2.31. The van der Waals surface area contributed by atoms with E-state index >= 15 is 0 Å². The third-order valence-corrected chi connectivity index (χ3v) is 4.94. The Labute approximate surface area is 110 Å². The highest BCUT2D eigenvalue weighted by Gasteiger charge is 2.52. The smallest absolute Gasteiger partial charge is 0.0991 e. The summed E-state index contributed by atoms with van der Waals surface area (Å²) in [4.78, 5) is 0. The van der Waals surface area contributed by atoms with Crippen LogP contribution in [-0.2, 0) is 0 Å². The molecule has 1 N–H and O–H groups in total. The predicted molar refractivity (Wildman–Crippen MR) is 74.4 cm³/mol. The van der Waals surface area contributed by atoms with Crippen LogP contribution < -0.4 is 5.32 Å². The highest BCUT2D eigenvalue weighted by molar-refractivity contribution is 5.37. The van der Waals surface area contributed by atoms with Crippen molar-refractivity contribution in [3.05, 3.63) is 35.4 Å². The lowest BCUT2D eigenvalue weighted by atomic mass is 9.52. The zero-order chi connectivity index (χ0) is 13.2. The minimum atomic E-state index is 0.364. The Kier molecular flexibility index (Phi) is 3.73. The molecule has 1 fully saturated rings. The average Bonchev–Trinajstić information content (AvgIpc) is 2.40. The van der Waals surface area contributed by atoms with E-state index in [0.717, 1.165) is 5.56 Å². The van der Waals surface area contributed by atoms with Crippen LogP contribution in [0.4, 0.5) is 0 Å². The van der Waals surface area contributed by atoms with E-state index in [-0.39, 0.29) is 0 Å². The summed E-state index contributed by atoms with van der Waals surface area (Å²) in [5.41, 5.74) is 2.48. The Morgan fingerprint density at radius 3 is 2.67 bits per heavy atom. The molecule has 0 spiro atoms. The number of nitriles is 1. The largest absolute Gasteiger partial charge is 0.316 e. The molecule has 0 bridgehead atoms. The molecule has 2 nitrogen and oxygen atoms in total. The van der Waals surface area contributed by atoms with Crippen LogP contribution in [0.5, 0.6) is 0 Å². The summed E-state index contributed by atoms with van der Waals surface area (Å²) < 4.78 is 0. The summed E-state index contributed by atoms with van der Waals surface area (Å²) in [6.07, 6.45) is 3.57. The topological polar surface area (TPSA) is 35.8 Å². The van der Waals surface area contributed by atoms with Gasteiger partial charge in [0, 0.05) is 6.04 Å². The van der Waals surface area contributed by atoms with E-state index < -0.39 is 0 Å². The van der Waals surface area contributed by atoms with E-state index in [0.29, 0.717) is 17.4 Å². The summed E-state index contributed by atoms with van der Waals surface area (Å²) >= 11 is 0. The van der Waals surface area contributed by atoms with Crippen molar-refractivity contribution in [2.75, 3.05) is 7.05 Å². The first-order chi connectivity index (χ1) is 8.71. The van der Waals surface area contributed by atoms with Gasteiger partial charge in [-0.3, -0.25) is 0 Å². The van der Waals surface area contributed by atoms with Gasteiger partial charge in [-0.15, -0.1) is 0 Å². The number of benzene rings is 1. The second kappa shape index (κ2) is 5.12. The van der Waals surface area contributed by atoms with E-state index in [1.807, 2.05) is 12.1 Å². The maximum Gasteiger partial charge on any atom is 0.0991 e. The number of nitrogens with zero attached hydrogens (tertiary/aromatic N) is 1. The highest BCUT2D eigenvalue weighted by atomic mass is 14.9. The van der Waals surface area contributed by atoms with Crippen molar-refractivity contribution in [3.8, 4) is 6.07 Å². The minimum absolute atomic E-state index is 0.364. The third-order valence-electron chi connectivity index (χ3n) is 4.94. The summed E-state index contributed by atoms with van der Waals surface area (Å²) in [6.45, 7) is 4.57. The van der Waals surface area contributed by atoms with Crippen molar-refractivity contribution in [1.82, 2.24) is 5.32 Å². The van der Waals surface area contributed by atoms with Crippen LogP contribution in [0.15, 0.2) is 24.3 Å². The Morgan fingerprint density at radius 1 is 1.39 bits per heavy atom. The van der Waals surface area contributed by atoms with Crippen LogP contribution >= 0.6 is 0 Å². The highest BCUT2D eigenvalue weighted by Crippen LogP contribution is 2.57. The molecule has 2 heteroatoms. The third kappa shape index (κ3) is 1.83. The van der Waals surface area contributed by atoms with Crippen molar-refractivity contribution in [2.24, 2.45) is 5.41 Å². The van der Waals surface area contributed by atoms with Gasteiger partial charge >= 0.3 is 0 Å². The molecule has 0 aliphatic heterocycles. The van der Waals surface area contributed by atoms with Gasteiger partial charge in [-0.2, -0.15) is 5.26 Å². The first-order valence-corrected chi connectivity index (χ1v) is 6.89. The minimum Gasteiger partial charge on any atom is -0.316 e. The summed E-state index contributed by atoms with van der Waals surface area (Å²) in [7, 11) is 2.06. The predicted octanol–water partition coefficient (Wildman–Crippen LogP) is 3.44. The van der Waals surface area contributed by atoms with Crippen LogP contribution in [0.2, 0.25) is 0 Å². The van der Waals surface area contributed by atoms with Gasteiger partial charge < -0.3 is 5.32 Å². The molecule has 1 aromatic carbocycles. The fraction of sp³-hybridized carbons (Fsp3) is 0.562.